The van der Waals surface area contributed by atoms with Gasteiger partial charge in [0.15, 0.2) is 6.10 Å². The van der Waals surface area contributed by atoms with Crippen LogP contribution in [0.15, 0.2) is 30.3 Å². The van der Waals surface area contributed by atoms with Gasteiger partial charge in [-0.05, 0) is 17.9 Å². The van der Waals surface area contributed by atoms with E-state index in [1.54, 1.807) is 30.3 Å². The normalized spacial score (nSPS) is 14.3. The van der Waals surface area contributed by atoms with Gasteiger partial charge in [0, 0.05) is 0 Å². The molecule has 6 N–H and O–H groups in total. The standard InChI is InChI=1S/C15H23N3O4.ClH/c1-9(2)8-11(14(20)18-22)17-15(21)13(19)12(16)10-6-4-3-5-7-10;/h3-7,9,11-13,19,22H,8,16H2,1-2H3,(H,17,21)(H,18,20);1H/t11-,12-,13+;/m0./s1. The summed E-state index contributed by atoms with van der Waals surface area (Å²) in [4.78, 5) is 23.6. The molecule has 8 heteroatoms. The number of nitrogens with two attached hydrogens (primary N) is 1. The van der Waals surface area contributed by atoms with E-state index in [4.69, 9.17) is 10.9 Å². The molecule has 3 atom stereocenters. The zero-order valence-electron chi connectivity index (χ0n) is 13.1. The molecule has 1 aromatic rings. The maximum absolute atomic E-state index is 12.1. The lowest BCUT2D eigenvalue weighted by molar-refractivity contribution is -0.138. The summed E-state index contributed by atoms with van der Waals surface area (Å²) in [7, 11) is 0. The Hall–Kier alpha value is -1.67. The SMILES string of the molecule is CC(C)C[C@H](NC(=O)[C@H](O)[C@@H](N)c1ccccc1)C(=O)NO.Cl. The van der Waals surface area contributed by atoms with Crippen LogP contribution in [0.3, 0.4) is 0 Å². The molecule has 0 aliphatic carbocycles. The van der Waals surface area contributed by atoms with Crippen LogP contribution < -0.4 is 16.5 Å². The Balaban J connectivity index is 0.00000484. The van der Waals surface area contributed by atoms with Gasteiger partial charge in [0.1, 0.15) is 6.04 Å². The quantitative estimate of drug-likeness (QED) is 0.363. The first-order chi connectivity index (χ1) is 10.4. The zero-order chi connectivity index (χ0) is 16.7. The van der Waals surface area contributed by atoms with Crippen LogP contribution in [0.5, 0.6) is 0 Å². The molecule has 1 rings (SSSR count). The van der Waals surface area contributed by atoms with Crippen molar-refractivity contribution in [3.63, 3.8) is 0 Å². The average Bonchev–Trinajstić information content (AvgIpc) is 2.52. The Labute approximate surface area is 141 Å². The van der Waals surface area contributed by atoms with Crippen LogP contribution in [-0.4, -0.2) is 34.3 Å². The highest BCUT2D eigenvalue weighted by molar-refractivity contribution is 5.89. The lowest BCUT2D eigenvalue weighted by atomic mass is 10.00. The molecule has 130 valence electrons. The number of rotatable bonds is 7. The van der Waals surface area contributed by atoms with E-state index in [0.29, 0.717) is 12.0 Å². The molecule has 0 unspecified atom stereocenters. The summed E-state index contributed by atoms with van der Waals surface area (Å²) in [5, 5.41) is 21.2. The molecular formula is C15H24ClN3O4. The largest absolute Gasteiger partial charge is 0.381 e. The summed E-state index contributed by atoms with van der Waals surface area (Å²) in [5.41, 5.74) is 7.98. The number of carbonyl (C=O) groups is 2. The first-order valence-corrected chi connectivity index (χ1v) is 7.09. The summed E-state index contributed by atoms with van der Waals surface area (Å²) in [6.45, 7) is 3.74. The van der Waals surface area contributed by atoms with Crippen LogP contribution >= 0.6 is 12.4 Å². The number of hydroxylamine groups is 1. The monoisotopic (exact) mass is 345 g/mol. The Kier molecular flexibility index (Phi) is 9.43. The summed E-state index contributed by atoms with van der Waals surface area (Å²) in [6.07, 6.45) is -1.17. The van der Waals surface area contributed by atoms with Crippen molar-refractivity contribution in [2.24, 2.45) is 11.7 Å². The number of aliphatic hydroxyl groups excluding tert-OH is 1. The molecule has 0 aliphatic heterocycles. The average molecular weight is 346 g/mol. The van der Waals surface area contributed by atoms with Crippen molar-refractivity contribution in [1.82, 2.24) is 10.8 Å². The fourth-order valence-electron chi connectivity index (χ4n) is 2.06. The van der Waals surface area contributed by atoms with Crippen LogP contribution in [0.4, 0.5) is 0 Å². The van der Waals surface area contributed by atoms with Gasteiger partial charge in [-0.25, -0.2) is 5.48 Å². The molecule has 0 radical (unpaired) electrons. The van der Waals surface area contributed by atoms with Crippen LogP contribution in [0, 0.1) is 5.92 Å². The molecule has 0 spiro atoms. The first-order valence-electron chi connectivity index (χ1n) is 7.09. The molecule has 7 nitrogen and oxygen atoms in total. The van der Waals surface area contributed by atoms with Gasteiger partial charge in [-0.3, -0.25) is 14.8 Å². The van der Waals surface area contributed by atoms with Gasteiger partial charge in [0.25, 0.3) is 11.8 Å². The third-order valence-electron chi connectivity index (χ3n) is 3.24. The van der Waals surface area contributed by atoms with Gasteiger partial charge < -0.3 is 16.2 Å². The van der Waals surface area contributed by atoms with Crippen LogP contribution in [-0.2, 0) is 9.59 Å². The van der Waals surface area contributed by atoms with Crippen molar-refractivity contribution in [2.45, 2.75) is 38.5 Å². The zero-order valence-corrected chi connectivity index (χ0v) is 13.9. The minimum absolute atomic E-state index is 0. The molecule has 0 aliphatic rings. The van der Waals surface area contributed by atoms with E-state index in [0.717, 1.165) is 0 Å². The first kappa shape index (κ1) is 21.3. The summed E-state index contributed by atoms with van der Waals surface area (Å²) in [6, 6.07) is 6.86. The Morgan fingerprint density at radius 3 is 2.22 bits per heavy atom. The summed E-state index contributed by atoms with van der Waals surface area (Å²) >= 11 is 0. The molecule has 23 heavy (non-hydrogen) atoms. The van der Waals surface area contributed by atoms with E-state index in [2.05, 4.69) is 5.32 Å². The van der Waals surface area contributed by atoms with Crippen molar-refractivity contribution in [1.29, 1.82) is 0 Å². The fraction of sp³-hybridized carbons (Fsp3) is 0.467. The lowest BCUT2D eigenvalue weighted by Gasteiger charge is -2.23. The Morgan fingerprint density at radius 2 is 1.74 bits per heavy atom. The molecule has 0 aromatic heterocycles. The van der Waals surface area contributed by atoms with Gasteiger partial charge >= 0.3 is 0 Å². The van der Waals surface area contributed by atoms with Crippen molar-refractivity contribution in [2.75, 3.05) is 0 Å². The highest BCUT2D eigenvalue weighted by Crippen LogP contribution is 2.14. The number of hydrogen-bond acceptors (Lipinski definition) is 5. The second kappa shape index (κ2) is 10.2. The molecule has 2 amide bonds. The number of aliphatic hydroxyl groups is 1. The Bertz CT molecular complexity index is 499. The molecular weight excluding hydrogens is 322 g/mol. The molecule has 1 aromatic carbocycles. The molecule has 0 bridgehead atoms. The van der Waals surface area contributed by atoms with Crippen molar-refractivity contribution < 1.29 is 19.9 Å². The second-order valence-corrected chi connectivity index (χ2v) is 5.55. The highest BCUT2D eigenvalue weighted by atomic mass is 35.5. The predicted molar refractivity (Wildman–Crippen MR) is 87.9 cm³/mol. The van der Waals surface area contributed by atoms with Gasteiger partial charge in [0.2, 0.25) is 0 Å². The van der Waals surface area contributed by atoms with Crippen LogP contribution in [0.25, 0.3) is 0 Å². The van der Waals surface area contributed by atoms with Crippen molar-refractivity contribution >= 4 is 24.2 Å². The maximum atomic E-state index is 12.1. The van der Waals surface area contributed by atoms with E-state index < -0.39 is 30.0 Å². The van der Waals surface area contributed by atoms with Crippen molar-refractivity contribution in [3.8, 4) is 0 Å². The van der Waals surface area contributed by atoms with Crippen molar-refractivity contribution in [3.05, 3.63) is 35.9 Å². The predicted octanol–water partition coefficient (Wildman–Crippen LogP) is 0.505. The summed E-state index contributed by atoms with van der Waals surface area (Å²) in [5.74, 6) is -1.38. The van der Waals surface area contributed by atoms with Gasteiger partial charge in [-0.2, -0.15) is 0 Å². The molecule has 0 fully saturated rings. The van der Waals surface area contributed by atoms with Gasteiger partial charge in [-0.15, -0.1) is 12.4 Å². The van der Waals surface area contributed by atoms with E-state index in [1.165, 1.54) is 5.48 Å². The number of halogens is 1. The van der Waals surface area contributed by atoms with Gasteiger partial charge in [0.05, 0.1) is 6.04 Å². The highest BCUT2D eigenvalue weighted by Gasteiger charge is 2.29. The number of benzene rings is 1. The van der Waals surface area contributed by atoms with E-state index in [-0.39, 0.29) is 18.3 Å². The Morgan fingerprint density at radius 1 is 1.17 bits per heavy atom. The third-order valence-corrected chi connectivity index (χ3v) is 3.24. The number of carbonyl (C=O) groups excluding carboxylic acids is 2. The number of amides is 2. The third kappa shape index (κ3) is 6.54. The second-order valence-electron chi connectivity index (χ2n) is 5.55. The lowest BCUT2D eigenvalue weighted by Crippen LogP contribution is -2.51. The molecule has 0 heterocycles. The van der Waals surface area contributed by atoms with Gasteiger partial charge in [-0.1, -0.05) is 44.2 Å². The van der Waals surface area contributed by atoms with E-state index >= 15 is 0 Å². The smallest absolute Gasteiger partial charge is 0.265 e. The summed E-state index contributed by atoms with van der Waals surface area (Å²) < 4.78 is 0. The maximum Gasteiger partial charge on any atom is 0.265 e. The van der Waals surface area contributed by atoms with E-state index in [1.807, 2.05) is 13.8 Å². The fourth-order valence-corrected chi connectivity index (χ4v) is 2.06. The number of nitrogens with one attached hydrogen (secondary N) is 2. The molecule has 0 saturated heterocycles. The van der Waals surface area contributed by atoms with Crippen LogP contribution in [0.1, 0.15) is 31.9 Å². The topological polar surface area (TPSA) is 125 Å². The molecule has 0 saturated carbocycles. The van der Waals surface area contributed by atoms with Crippen LogP contribution in [0.2, 0.25) is 0 Å². The minimum Gasteiger partial charge on any atom is -0.381 e. The van der Waals surface area contributed by atoms with E-state index in [9.17, 15) is 14.7 Å². The number of hydrogen-bond donors (Lipinski definition) is 5. The minimum atomic E-state index is -1.50.